The Labute approximate surface area is 242 Å². The predicted octanol–water partition coefficient (Wildman–Crippen LogP) is 3.93. The van der Waals surface area contributed by atoms with Crippen LogP contribution in [0.1, 0.15) is 57.3 Å². The average Bonchev–Trinajstić information content (AvgIpc) is 3.57. The number of halogens is 1. The molecule has 1 aromatic heterocycles. The summed E-state index contributed by atoms with van der Waals surface area (Å²) in [7, 11) is 4.06. The monoisotopic (exact) mass is 569 g/mol. The van der Waals surface area contributed by atoms with Crippen molar-refractivity contribution in [1.29, 1.82) is 0 Å². The Balaban J connectivity index is 1.44. The highest BCUT2D eigenvalue weighted by molar-refractivity contribution is 5.80. The van der Waals surface area contributed by atoms with Crippen LogP contribution in [0, 0.1) is 30.0 Å². The van der Waals surface area contributed by atoms with Crippen molar-refractivity contribution in [3.05, 3.63) is 47.5 Å². The van der Waals surface area contributed by atoms with Crippen LogP contribution in [0.2, 0.25) is 0 Å². The van der Waals surface area contributed by atoms with Gasteiger partial charge in [0.1, 0.15) is 12.4 Å². The summed E-state index contributed by atoms with van der Waals surface area (Å²) in [5.74, 6) is -0.583. The van der Waals surface area contributed by atoms with Crippen LogP contribution >= 0.6 is 0 Å². The largest absolute Gasteiger partial charge is 0.352 e. The van der Waals surface area contributed by atoms with Gasteiger partial charge in [-0.1, -0.05) is 69.9 Å². The van der Waals surface area contributed by atoms with E-state index in [9.17, 15) is 9.59 Å². The molecule has 11 heteroatoms. The quantitative estimate of drug-likeness (QED) is 0.276. The molecule has 2 atom stereocenters. The molecular formula is C30H44FN7O3. The number of nitrogens with zero attached hydrogens (tertiary/aromatic N) is 5. The minimum atomic E-state index is -0.612. The van der Waals surface area contributed by atoms with Gasteiger partial charge >= 0.3 is 0 Å². The fraction of sp³-hybridized carbons (Fsp3) is 0.600. The maximum atomic E-state index is 15.7. The van der Waals surface area contributed by atoms with Crippen molar-refractivity contribution in [3.8, 4) is 0 Å². The molecule has 2 aliphatic rings. The third-order valence-corrected chi connectivity index (χ3v) is 8.29. The molecule has 2 N–H and O–H groups in total. The lowest BCUT2D eigenvalue weighted by Gasteiger charge is -2.30. The molecule has 1 aliphatic carbocycles. The van der Waals surface area contributed by atoms with Gasteiger partial charge in [-0.3, -0.25) is 25.3 Å². The molecule has 1 unspecified atom stereocenters. The van der Waals surface area contributed by atoms with Crippen LogP contribution in [-0.4, -0.2) is 72.0 Å². The van der Waals surface area contributed by atoms with E-state index < -0.39 is 11.7 Å². The van der Waals surface area contributed by atoms with Gasteiger partial charge in [-0.15, -0.1) is 0 Å². The molecule has 0 spiro atoms. The lowest BCUT2D eigenvalue weighted by molar-refractivity contribution is -0.182. The molecule has 2 fully saturated rings. The van der Waals surface area contributed by atoms with Crippen LogP contribution in [0.3, 0.4) is 0 Å². The highest BCUT2D eigenvalue weighted by Gasteiger charge is 2.42. The van der Waals surface area contributed by atoms with Crippen molar-refractivity contribution in [3.63, 3.8) is 0 Å². The molecule has 0 radical (unpaired) electrons. The molecule has 224 valence electrons. The van der Waals surface area contributed by atoms with Gasteiger partial charge in [0.2, 0.25) is 18.1 Å². The Morgan fingerprint density at radius 2 is 1.93 bits per heavy atom. The molecule has 41 heavy (non-hydrogen) atoms. The number of benzene rings is 1. The number of nitrogens with one attached hydrogen (secondary N) is 2. The Morgan fingerprint density at radius 3 is 2.56 bits per heavy atom. The van der Waals surface area contributed by atoms with Crippen LogP contribution in [0.4, 0.5) is 16.0 Å². The molecule has 2 heterocycles. The number of anilines is 2. The van der Waals surface area contributed by atoms with Gasteiger partial charge < -0.3 is 9.80 Å². The highest BCUT2D eigenvalue weighted by Crippen LogP contribution is 2.36. The number of hydrogen-bond acceptors (Lipinski definition) is 8. The van der Waals surface area contributed by atoms with Crippen LogP contribution in [-0.2, 0) is 21.0 Å². The molecule has 0 bridgehead atoms. The molecule has 1 saturated carbocycles. The van der Waals surface area contributed by atoms with Crippen LogP contribution in [0.15, 0.2) is 30.3 Å². The summed E-state index contributed by atoms with van der Waals surface area (Å²) in [6.45, 7) is 7.61. The predicted molar refractivity (Wildman–Crippen MR) is 156 cm³/mol. The van der Waals surface area contributed by atoms with Crippen molar-refractivity contribution < 1.29 is 18.8 Å². The zero-order valence-corrected chi connectivity index (χ0v) is 24.9. The van der Waals surface area contributed by atoms with E-state index in [4.69, 9.17) is 4.84 Å². The van der Waals surface area contributed by atoms with Crippen molar-refractivity contribution in [2.24, 2.45) is 17.3 Å². The van der Waals surface area contributed by atoms with Gasteiger partial charge in [0, 0.05) is 19.1 Å². The minimum absolute atomic E-state index is 0.0584. The Kier molecular flexibility index (Phi) is 10.1. The summed E-state index contributed by atoms with van der Waals surface area (Å²) in [5.41, 5.74) is 6.24. The number of aromatic nitrogens is 2. The summed E-state index contributed by atoms with van der Waals surface area (Å²) in [5, 5.41) is 1.18. The summed E-state index contributed by atoms with van der Waals surface area (Å²) in [4.78, 5) is 43.7. The molecule has 1 aliphatic heterocycles. The Morgan fingerprint density at radius 1 is 1.22 bits per heavy atom. The first-order valence-corrected chi connectivity index (χ1v) is 14.5. The van der Waals surface area contributed by atoms with Crippen molar-refractivity contribution in [2.75, 3.05) is 44.1 Å². The van der Waals surface area contributed by atoms with E-state index in [0.29, 0.717) is 37.7 Å². The van der Waals surface area contributed by atoms with E-state index in [1.165, 1.54) is 5.06 Å². The van der Waals surface area contributed by atoms with Gasteiger partial charge in [-0.2, -0.15) is 4.39 Å². The van der Waals surface area contributed by atoms with E-state index in [-0.39, 0.29) is 42.2 Å². The SMILES string of the molecule is Cc1nc(NNC(=O)[C@@H](CC2CCCC2)CN(C=O)OCc2ccccc2)c(F)c(N2CC(N(C)C)C(C)(C)C2)n1. The number of carbonyl (C=O) groups is 2. The van der Waals surface area contributed by atoms with E-state index in [2.05, 4.69) is 39.6 Å². The number of carbonyl (C=O) groups excluding carboxylic acids is 2. The lowest BCUT2D eigenvalue weighted by atomic mass is 9.87. The van der Waals surface area contributed by atoms with E-state index in [1.807, 2.05) is 49.3 Å². The van der Waals surface area contributed by atoms with E-state index >= 15 is 4.39 Å². The first-order chi connectivity index (χ1) is 19.6. The second kappa shape index (κ2) is 13.6. The summed E-state index contributed by atoms with van der Waals surface area (Å²) in [6, 6.07) is 9.76. The van der Waals surface area contributed by atoms with Gasteiger partial charge in [-0.05, 0) is 44.3 Å². The second-order valence-corrected chi connectivity index (χ2v) is 12.3. The number of amides is 2. The number of hydrazine groups is 1. The van der Waals surface area contributed by atoms with Crippen molar-refractivity contribution in [2.45, 2.75) is 65.5 Å². The third kappa shape index (κ3) is 7.91. The first kappa shape index (κ1) is 30.6. The summed E-state index contributed by atoms with van der Waals surface area (Å²) < 4.78 is 15.7. The zero-order chi connectivity index (χ0) is 29.6. The normalized spacial score (nSPS) is 19.4. The number of likely N-dealkylation sites (N-methyl/N-ethyl adjacent to an activating group) is 1. The summed E-state index contributed by atoms with van der Waals surface area (Å²) in [6.07, 6.45) is 5.57. The van der Waals surface area contributed by atoms with Crippen LogP contribution in [0.5, 0.6) is 0 Å². The molecular weight excluding hydrogens is 525 g/mol. The minimum Gasteiger partial charge on any atom is -0.352 e. The van der Waals surface area contributed by atoms with Gasteiger partial charge in [0.25, 0.3) is 0 Å². The lowest BCUT2D eigenvalue weighted by Crippen LogP contribution is -2.42. The zero-order valence-electron chi connectivity index (χ0n) is 24.9. The fourth-order valence-corrected chi connectivity index (χ4v) is 6.19. The maximum absolute atomic E-state index is 15.7. The standard InChI is InChI=1S/C30H44FN7O3/c1-21-32-27(26(31)28(33-21)37-17-25(36(4)5)30(2,3)19-37)34-35-29(40)24(15-22-11-9-10-12-22)16-38(20-39)41-18-23-13-7-6-8-14-23/h6-8,13-14,20,22,24-25H,9-12,15-19H2,1-5H3,(H,35,40)(H,32,33,34)/t24-,25?/m0/s1. The topological polar surface area (TPSA) is 103 Å². The van der Waals surface area contributed by atoms with Gasteiger partial charge in [0.05, 0.1) is 12.5 Å². The Hall–Kier alpha value is -3.31. The summed E-state index contributed by atoms with van der Waals surface area (Å²) >= 11 is 0. The molecule has 2 aromatic rings. The highest BCUT2D eigenvalue weighted by atomic mass is 19.1. The number of hydrogen-bond donors (Lipinski definition) is 2. The molecule has 4 rings (SSSR count). The van der Waals surface area contributed by atoms with E-state index in [0.717, 1.165) is 31.2 Å². The van der Waals surface area contributed by atoms with Crippen LogP contribution in [0.25, 0.3) is 0 Å². The number of hydroxylamine groups is 2. The van der Waals surface area contributed by atoms with Crippen molar-refractivity contribution in [1.82, 2.24) is 25.4 Å². The maximum Gasteiger partial charge on any atom is 0.243 e. The third-order valence-electron chi connectivity index (χ3n) is 8.29. The molecule has 1 aromatic carbocycles. The van der Waals surface area contributed by atoms with Gasteiger partial charge in [-0.25, -0.2) is 15.0 Å². The fourth-order valence-electron chi connectivity index (χ4n) is 6.19. The molecule has 1 saturated heterocycles. The van der Waals surface area contributed by atoms with Crippen LogP contribution < -0.4 is 15.8 Å². The second-order valence-electron chi connectivity index (χ2n) is 12.3. The molecule has 10 nitrogen and oxygen atoms in total. The smallest absolute Gasteiger partial charge is 0.243 e. The van der Waals surface area contributed by atoms with E-state index in [1.54, 1.807) is 6.92 Å². The number of aryl methyl sites for hydroxylation is 1. The first-order valence-electron chi connectivity index (χ1n) is 14.5. The van der Waals surface area contributed by atoms with Gasteiger partial charge in [0.15, 0.2) is 11.6 Å². The Bertz CT molecular complexity index is 1170. The average molecular weight is 570 g/mol. The van der Waals surface area contributed by atoms with Crippen molar-refractivity contribution >= 4 is 24.0 Å². The number of rotatable bonds is 13. The molecule has 2 amide bonds.